The van der Waals surface area contributed by atoms with E-state index in [-0.39, 0.29) is 17.1 Å². The van der Waals surface area contributed by atoms with E-state index in [1.807, 2.05) is 42.5 Å². The maximum Gasteiger partial charge on any atom is 0.277 e. The van der Waals surface area contributed by atoms with Gasteiger partial charge in [0.25, 0.3) is 5.22 Å². The van der Waals surface area contributed by atoms with Crippen molar-refractivity contribution in [3.05, 3.63) is 60.2 Å². The van der Waals surface area contributed by atoms with Gasteiger partial charge in [-0.2, -0.15) is 0 Å². The van der Waals surface area contributed by atoms with E-state index in [0.29, 0.717) is 11.1 Å². The quantitative estimate of drug-likeness (QED) is 0.595. The van der Waals surface area contributed by atoms with E-state index in [1.165, 1.54) is 17.3 Å². The van der Waals surface area contributed by atoms with Crippen LogP contribution >= 0.6 is 11.8 Å². The van der Waals surface area contributed by atoms with E-state index in [4.69, 9.17) is 4.42 Å². The van der Waals surface area contributed by atoms with Gasteiger partial charge in [0.1, 0.15) is 0 Å². The number of carbonyl (C=O) groups is 1. The van der Waals surface area contributed by atoms with Crippen molar-refractivity contribution in [2.24, 2.45) is 0 Å². The highest BCUT2D eigenvalue weighted by molar-refractivity contribution is 7.99. The number of anilines is 1. The van der Waals surface area contributed by atoms with E-state index < -0.39 is 0 Å². The summed E-state index contributed by atoms with van der Waals surface area (Å²) in [6.07, 6.45) is 0. The Labute approximate surface area is 163 Å². The number of hydrogen-bond acceptors (Lipinski definition) is 5. The second-order valence-corrected chi connectivity index (χ2v) is 8.20. The Morgan fingerprint density at radius 2 is 1.70 bits per heavy atom. The molecule has 1 heterocycles. The maximum absolute atomic E-state index is 12.3. The van der Waals surface area contributed by atoms with Crippen molar-refractivity contribution in [2.75, 3.05) is 17.7 Å². The summed E-state index contributed by atoms with van der Waals surface area (Å²) in [7, 11) is 1.76. The number of nitrogens with zero attached hydrogens (tertiary/aromatic N) is 3. The molecular weight excluding hydrogens is 358 g/mol. The van der Waals surface area contributed by atoms with Crippen LogP contribution in [0.2, 0.25) is 0 Å². The van der Waals surface area contributed by atoms with Crippen molar-refractivity contribution in [3.8, 4) is 11.5 Å². The molecule has 0 unspecified atom stereocenters. The summed E-state index contributed by atoms with van der Waals surface area (Å²) in [5.41, 5.74) is 3.07. The molecule has 0 radical (unpaired) electrons. The lowest BCUT2D eigenvalue weighted by Crippen LogP contribution is -2.27. The molecule has 0 aliphatic heterocycles. The second kappa shape index (κ2) is 7.96. The van der Waals surface area contributed by atoms with E-state index in [0.717, 1.165) is 11.3 Å². The van der Waals surface area contributed by atoms with Gasteiger partial charge in [-0.3, -0.25) is 4.79 Å². The third-order valence-electron chi connectivity index (χ3n) is 4.24. The first-order chi connectivity index (χ1) is 12.8. The molecule has 3 aromatic rings. The first-order valence-electron chi connectivity index (χ1n) is 8.73. The van der Waals surface area contributed by atoms with E-state index in [1.54, 1.807) is 11.9 Å². The Hall–Kier alpha value is -2.60. The van der Waals surface area contributed by atoms with Crippen molar-refractivity contribution >= 4 is 23.4 Å². The summed E-state index contributed by atoms with van der Waals surface area (Å²) < 4.78 is 5.70. The maximum atomic E-state index is 12.3. The molecule has 27 heavy (non-hydrogen) atoms. The Morgan fingerprint density at radius 3 is 2.33 bits per heavy atom. The summed E-state index contributed by atoms with van der Waals surface area (Å²) in [5.74, 6) is 0.665. The van der Waals surface area contributed by atoms with Crippen LogP contribution in [-0.4, -0.2) is 28.9 Å². The van der Waals surface area contributed by atoms with Crippen LogP contribution < -0.4 is 4.90 Å². The molecule has 0 saturated carbocycles. The molecule has 0 aliphatic rings. The fraction of sp³-hybridized carbons (Fsp3) is 0.286. The van der Waals surface area contributed by atoms with Crippen molar-refractivity contribution in [1.29, 1.82) is 0 Å². The lowest BCUT2D eigenvalue weighted by Gasteiger charge is -2.18. The van der Waals surface area contributed by atoms with E-state index >= 15 is 0 Å². The van der Waals surface area contributed by atoms with Crippen molar-refractivity contribution in [2.45, 2.75) is 31.4 Å². The predicted molar refractivity (Wildman–Crippen MR) is 109 cm³/mol. The molecule has 0 spiro atoms. The van der Waals surface area contributed by atoms with E-state index in [9.17, 15) is 4.79 Å². The Morgan fingerprint density at radius 1 is 1.04 bits per heavy atom. The molecule has 0 aliphatic carbocycles. The SMILES string of the molecule is CN(C(=O)CSc1nnc(-c2ccc(C(C)(C)C)cc2)o1)c1ccccc1. The third kappa shape index (κ3) is 4.77. The van der Waals surface area contributed by atoms with Crippen LogP contribution in [0.5, 0.6) is 0 Å². The number of hydrogen-bond donors (Lipinski definition) is 0. The lowest BCUT2D eigenvalue weighted by molar-refractivity contribution is -0.115. The molecule has 6 heteroatoms. The Balaban J connectivity index is 1.62. The molecule has 0 saturated heterocycles. The molecule has 5 nitrogen and oxygen atoms in total. The van der Waals surface area contributed by atoms with Gasteiger partial charge in [0.2, 0.25) is 11.8 Å². The highest BCUT2D eigenvalue weighted by atomic mass is 32.2. The molecule has 3 rings (SSSR count). The number of amides is 1. The second-order valence-electron chi connectivity index (χ2n) is 7.28. The summed E-state index contributed by atoms with van der Waals surface area (Å²) in [6, 6.07) is 17.6. The van der Waals surface area contributed by atoms with Crippen LogP contribution in [0.25, 0.3) is 11.5 Å². The number of benzene rings is 2. The van der Waals surface area contributed by atoms with Gasteiger partial charge in [0.05, 0.1) is 5.75 Å². The van der Waals surface area contributed by atoms with Gasteiger partial charge >= 0.3 is 0 Å². The van der Waals surface area contributed by atoms with E-state index in [2.05, 4.69) is 43.1 Å². The van der Waals surface area contributed by atoms with Crippen LogP contribution in [0.15, 0.2) is 64.2 Å². The smallest absolute Gasteiger partial charge is 0.277 e. The zero-order valence-electron chi connectivity index (χ0n) is 16.0. The largest absolute Gasteiger partial charge is 0.411 e. The molecular formula is C21H23N3O2S. The molecule has 2 aromatic carbocycles. The van der Waals surface area contributed by atoms with Crippen molar-refractivity contribution in [3.63, 3.8) is 0 Å². The van der Waals surface area contributed by atoms with Gasteiger partial charge in [-0.1, -0.05) is 62.9 Å². The molecule has 0 fully saturated rings. The predicted octanol–water partition coefficient (Wildman–Crippen LogP) is 4.79. The van der Waals surface area contributed by atoms with Crippen LogP contribution in [-0.2, 0) is 10.2 Å². The monoisotopic (exact) mass is 381 g/mol. The molecule has 0 atom stereocenters. The molecule has 1 amide bonds. The summed E-state index contributed by atoms with van der Waals surface area (Å²) in [4.78, 5) is 14.0. The van der Waals surface area contributed by atoms with Crippen LogP contribution in [0.4, 0.5) is 5.69 Å². The first-order valence-corrected chi connectivity index (χ1v) is 9.72. The fourth-order valence-electron chi connectivity index (χ4n) is 2.51. The number of rotatable bonds is 5. The number of aromatic nitrogens is 2. The third-order valence-corrected chi connectivity index (χ3v) is 5.04. The van der Waals surface area contributed by atoms with Crippen LogP contribution in [0.3, 0.4) is 0 Å². The van der Waals surface area contributed by atoms with Gasteiger partial charge in [0.15, 0.2) is 0 Å². The summed E-state index contributed by atoms with van der Waals surface area (Å²) in [6.45, 7) is 6.52. The first kappa shape index (κ1) is 19.2. The lowest BCUT2D eigenvalue weighted by atomic mass is 9.87. The van der Waals surface area contributed by atoms with Gasteiger partial charge in [-0.05, 0) is 35.2 Å². The van der Waals surface area contributed by atoms with Crippen LogP contribution in [0.1, 0.15) is 26.3 Å². The minimum Gasteiger partial charge on any atom is -0.411 e. The normalized spacial score (nSPS) is 11.4. The molecule has 0 N–H and O–H groups in total. The molecule has 140 valence electrons. The summed E-state index contributed by atoms with van der Waals surface area (Å²) >= 11 is 1.24. The number of para-hydroxylation sites is 1. The topological polar surface area (TPSA) is 59.2 Å². The Kier molecular flexibility index (Phi) is 5.65. The number of carbonyl (C=O) groups excluding carboxylic acids is 1. The minimum absolute atomic E-state index is 0.0273. The summed E-state index contributed by atoms with van der Waals surface area (Å²) in [5, 5.41) is 8.53. The van der Waals surface area contributed by atoms with Crippen LogP contribution in [0, 0.1) is 0 Å². The molecule has 1 aromatic heterocycles. The highest BCUT2D eigenvalue weighted by Gasteiger charge is 2.16. The van der Waals surface area contributed by atoms with Gasteiger partial charge in [0, 0.05) is 18.3 Å². The van der Waals surface area contributed by atoms with Gasteiger partial charge < -0.3 is 9.32 Å². The van der Waals surface area contributed by atoms with Gasteiger partial charge in [-0.15, -0.1) is 10.2 Å². The standard InChI is InChI=1S/C21H23N3O2S/c1-21(2,3)16-12-10-15(11-13-16)19-22-23-20(26-19)27-14-18(25)24(4)17-8-6-5-7-9-17/h5-13H,14H2,1-4H3. The van der Waals surface area contributed by atoms with Crippen molar-refractivity contribution < 1.29 is 9.21 Å². The highest BCUT2D eigenvalue weighted by Crippen LogP contribution is 2.27. The molecule has 0 bridgehead atoms. The number of thioether (sulfide) groups is 1. The average Bonchev–Trinajstić information content (AvgIpc) is 3.14. The fourth-order valence-corrected chi connectivity index (χ4v) is 3.19. The average molecular weight is 382 g/mol. The minimum atomic E-state index is -0.0273. The van der Waals surface area contributed by atoms with Crippen molar-refractivity contribution in [1.82, 2.24) is 10.2 Å². The zero-order valence-corrected chi connectivity index (χ0v) is 16.8. The van der Waals surface area contributed by atoms with Gasteiger partial charge in [-0.25, -0.2) is 0 Å². The zero-order chi connectivity index (χ0) is 19.4. The Bertz CT molecular complexity index is 899.